The Bertz CT molecular complexity index is 611. The van der Waals surface area contributed by atoms with Crippen molar-refractivity contribution in [3.05, 3.63) is 45.4 Å². The van der Waals surface area contributed by atoms with Crippen molar-refractivity contribution in [1.29, 1.82) is 0 Å². The van der Waals surface area contributed by atoms with Gasteiger partial charge in [0.05, 0.1) is 5.69 Å². The van der Waals surface area contributed by atoms with Crippen molar-refractivity contribution in [2.24, 2.45) is 5.73 Å². The van der Waals surface area contributed by atoms with Crippen LogP contribution in [0.25, 0.3) is 0 Å². The van der Waals surface area contributed by atoms with Crippen molar-refractivity contribution in [3.63, 3.8) is 0 Å². The Kier molecular flexibility index (Phi) is 4.69. The molecule has 0 atom stereocenters. The van der Waals surface area contributed by atoms with Crippen LogP contribution in [0.15, 0.2) is 24.3 Å². The van der Waals surface area contributed by atoms with E-state index < -0.39 is 0 Å². The molecule has 0 aliphatic rings. The topological polar surface area (TPSA) is 48.1 Å². The highest BCUT2D eigenvalue weighted by Gasteiger charge is 2.21. The summed E-state index contributed by atoms with van der Waals surface area (Å²) in [5, 5.41) is 0.968. The van der Waals surface area contributed by atoms with Crippen molar-refractivity contribution in [1.82, 2.24) is 4.98 Å². The molecule has 3 nitrogen and oxygen atoms in total. The number of rotatable bonds is 5. The standard InChI is InChI=1S/C17H24N2OS/c1-11(2)13-7-6-8-14(9-13)20-10-15-19-12(3)16(21-15)17(4,5)18/h6-9,11H,10,18H2,1-5H3. The van der Waals surface area contributed by atoms with Crippen LogP contribution in [0.1, 0.15) is 54.8 Å². The third kappa shape index (κ3) is 4.05. The van der Waals surface area contributed by atoms with Gasteiger partial charge in [-0.1, -0.05) is 26.0 Å². The fraction of sp³-hybridized carbons (Fsp3) is 0.471. The molecule has 21 heavy (non-hydrogen) atoms. The third-order valence-electron chi connectivity index (χ3n) is 3.31. The lowest BCUT2D eigenvalue weighted by molar-refractivity contribution is 0.305. The second kappa shape index (κ2) is 6.16. The maximum atomic E-state index is 6.16. The molecule has 1 heterocycles. The first-order chi connectivity index (χ1) is 9.77. The summed E-state index contributed by atoms with van der Waals surface area (Å²) >= 11 is 1.64. The van der Waals surface area contributed by atoms with Gasteiger partial charge in [-0.2, -0.15) is 0 Å². The second-order valence-corrected chi connectivity index (χ2v) is 7.34. The van der Waals surface area contributed by atoms with Crippen LogP contribution in [0.2, 0.25) is 0 Å². The number of nitrogens with two attached hydrogens (primary N) is 1. The number of benzene rings is 1. The van der Waals surface area contributed by atoms with Crippen molar-refractivity contribution in [2.75, 3.05) is 0 Å². The minimum Gasteiger partial charge on any atom is -0.486 e. The maximum absolute atomic E-state index is 6.16. The van der Waals surface area contributed by atoms with E-state index in [1.165, 1.54) is 5.56 Å². The molecule has 2 aromatic rings. The summed E-state index contributed by atoms with van der Waals surface area (Å²) in [7, 11) is 0. The number of hydrogen-bond acceptors (Lipinski definition) is 4. The summed E-state index contributed by atoms with van der Waals surface area (Å²) in [6.45, 7) is 10.9. The zero-order chi connectivity index (χ0) is 15.6. The summed E-state index contributed by atoms with van der Waals surface area (Å²) in [5.74, 6) is 1.39. The monoisotopic (exact) mass is 304 g/mol. The largest absolute Gasteiger partial charge is 0.486 e. The van der Waals surface area contributed by atoms with E-state index in [-0.39, 0.29) is 5.54 Å². The lowest BCUT2D eigenvalue weighted by Gasteiger charge is -2.16. The van der Waals surface area contributed by atoms with Crippen LogP contribution in [-0.2, 0) is 12.1 Å². The molecular weight excluding hydrogens is 280 g/mol. The molecule has 0 saturated heterocycles. The van der Waals surface area contributed by atoms with E-state index in [1.807, 2.05) is 32.9 Å². The van der Waals surface area contributed by atoms with E-state index >= 15 is 0 Å². The molecule has 1 aromatic carbocycles. The molecule has 0 amide bonds. The van der Waals surface area contributed by atoms with Gasteiger partial charge in [0, 0.05) is 10.4 Å². The second-order valence-electron chi connectivity index (χ2n) is 6.26. The fourth-order valence-electron chi connectivity index (χ4n) is 2.22. The average molecular weight is 304 g/mol. The Morgan fingerprint density at radius 3 is 2.62 bits per heavy atom. The molecule has 0 radical (unpaired) electrons. The summed E-state index contributed by atoms with van der Waals surface area (Å²) in [4.78, 5) is 5.69. The molecule has 2 N–H and O–H groups in total. The Balaban J connectivity index is 2.08. The van der Waals surface area contributed by atoms with E-state index in [1.54, 1.807) is 11.3 Å². The van der Waals surface area contributed by atoms with Gasteiger partial charge in [0.25, 0.3) is 0 Å². The molecule has 114 valence electrons. The Hall–Kier alpha value is -1.39. The molecular formula is C17H24N2OS. The number of hydrogen-bond donors (Lipinski definition) is 1. The number of nitrogens with zero attached hydrogens (tertiary/aromatic N) is 1. The molecule has 0 unspecified atom stereocenters. The number of aryl methyl sites for hydroxylation is 1. The van der Waals surface area contributed by atoms with E-state index in [9.17, 15) is 0 Å². The first-order valence-corrected chi connectivity index (χ1v) is 8.07. The first-order valence-electron chi connectivity index (χ1n) is 7.26. The fourth-order valence-corrected chi connectivity index (χ4v) is 3.21. The minimum absolute atomic E-state index is 0.350. The molecule has 0 aliphatic heterocycles. The molecule has 0 fully saturated rings. The smallest absolute Gasteiger partial charge is 0.140 e. The molecule has 0 spiro atoms. The van der Waals surface area contributed by atoms with Crippen molar-refractivity contribution in [2.45, 2.75) is 52.7 Å². The summed E-state index contributed by atoms with van der Waals surface area (Å²) in [6.07, 6.45) is 0. The highest BCUT2D eigenvalue weighted by Crippen LogP contribution is 2.28. The van der Waals surface area contributed by atoms with Crippen molar-refractivity contribution in [3.8, 4) is 5.75 Å². The van der Waals surface area contributed by atoms with E-state index in [4.69, 9.17) is 10.5 Å². The predicted octanol–water partition coefficient (Wildman–Crippen LogP) is 4.35. The van der Waals surface area contributed by atoms with E-state index in [0.29, 0.717) is 12.5 Å². The lowest BCUT2D eigenvalue weighted by atomic mass is 10.0. The van der Waals surface area contributed by atoms with Crippen LogP contribution in [0, 0.1) is 6.92 Å². The van der Waals surface area contributed by atoms with Crippen LogP contribution >= 0.6 is 11.3 Å². The molecule has 0 saturated carbocycles. The van der Waals surface area contributed by atoms with Crippen LogP contribution in [-0.4, -0.2) is 4.98 Å². The zero-order valence-corrected chi connectivity index (χ0v) is 14.3. The van der Waals surface area contributed by atoms with E-state index in [2.05, 4.69) is 31.0 Å². The van der Waals surface area contributed by atoms with Crippen molar-refractivity contribution >= 4 is 11.3 Å². The Labute approximate surface area is 131 Å². The summed E-state index contributed by atoms with van der Waals surface area (Å²) in [6, 6.07) is 8.24. The minimum atomic E-state index is -0.350. The predicted molar refractivity (Wildman–Crippen MR) is 88.9 cm³/mol. The van der Waals surface area contributed by atoms with Gasteiger partial charge in [-0.15, -0.1) is 11.3 Å². The maximum Gasteiger partial charge on any atom is 0.140 e. The SMILES string of the molecule is Cc1nc(COc2cccc(C(C)C)c2)sc1C(C)(C)N. The van der Waals surface area contributed by atoms with Gasteiger partial charge in [0.2, 0.25) is 0 Å². The number of aromatic nitrogens is 1. The van der Waals surface area contributed by atoms with Gasteiger partial charge in [-0.3, -0.25) is 0 Å². The van der Waals surface area contributed by atoms with Gasteiger partial charge >= 0.3 is 0 Å². The number of thiazole rings is 1. The summed E-state index contributed by atoms with van der Waals surface area (Å²) < 4.78 is 5.87. The van der Waals surface area contributed by atoms with Crippen LogP contribution in [0.5, 0.6) is 5.75 Å². The van der Waals surface area contributed by atoms with Crippen molar-refractivity contribution < 1.29 is 4.74 Å². The quantitative estimate of drug-likeness (QED) is 0.893. The highest BCUT2D eigenvalue weighted by atomic mass is 32.1. The van der Waals surface area contributed by atoms with Gasteiger partial charge in [0.1, 0.15) is 17.4 Å². The molecule has 4 heteroatoms. The van der Waals surface area contributed by atoms with Crippen LogP contribution in [0.3, 0.4) is 0 Å². The number of ether oxygens (including phenoxy) is 1. The Morgan fingerprint density at radius 1 is 1.33 bits per heavy atom. The molecule has 2 rings (SSSR count). The van der Waals surface area contributed by atoms with Gasteiger partial charge in [-0.25, -0.2) is 4.98 Å². The first kappa shape index (κ1) is 16.0. The highest BCUT2D eigenvalue weighted by molar-refractivity contribution is 7.11. The molecule has 0 bridgehead atoms. The third-order valence-corrected chi connectivity index (χ3v) is 4.78. The van der Waals surface area contributed by atoms with Gasteiger partial charge < -0.3 is 10.5 Å². The molecule has 0 aliphatic carbocycles. The van der Waals surface area contributed by atoms with Gasteiger partial charge in [0.15, 0.2) is 0 Å². The van der Waals surface area contributed by atoms with Crippen LogP contribution < -0.4 is 10.5 Å². The Morgan fingerprint density at radius 2 is 2.05 bits per heavy atom. The van der Waals surface area contributed by atoms with E-state index in [0.717, 1.165) is 21.3 Å². The van der Waals surface area contributed by atoms with Crippen LogP contribution in [0.4, 0.5) is 0 Å². The summed E-state index contributed by atoms with van der Waals surface area (Å²) in [5.41, 5.74) is 8.10. The molecule has 1 aromatic heterocycles. The average Bonchev–Trinajstić information content (AvgIpc) is 2.78. The van der Waals surface area contributed by atoms with Gasteiger partial charge in [-0.05, 0) is 44.4 Å². The zero-order valence-electron chi connectivity index (χ0n) is 13.4. The normalized spacial score (nSPS) is 12.0. The lowest BCUT2D eigenvalue weighted by Crippen LogP contribution is -2.28.